The van der Waals surface area contributed by atoms with Crippen molar-refractivity contribution in [2.45, 2.75) is 45.4 Å². The van der Waals surface area contributed by atoms with E-state index < -0.39 is 11.5 Å². The molecule has 19 nitrogen and oxygen atoms in total. The van der Waals surface area contributed by atoms with Gasteiger partial charge in [-0.3, -0.25) is 38.1 Å². The van der Waals surface area contributed by atoms with Crippen LogP contribution in [-0.2, 0) is 45.4 Å². The van der Waals surface area contributed by atoms with E-state index in [-0.39, 0.29) is 79.3 Å². The van der Waals surface area contributed by atoms with Gasteiger partial charge in [0.05, 0.1) is 37.7 Å². The van der Waals surface area contributed by atoms with Crippen LogP contribution in [0.15, 0.2) is 124 Å². The fraction of sp³-hybridized carbons (Fsp3) is 0.240. The van der Waals surface area contributed by atoms with E-state index in [1.54, 1.807) is 84.4 Å². The average molecular weight is 933 g/mol. The van der Waals surface area contributed by atoms with Gasteiger partial charge >= 0.3 is 0 Å². The molecule has 6 heterocycles. The number of aryl methyl sites for hydroxylation is 2. The second-order valence-electron chi connectivity index (χ2n) is 15.7. The van der Waals surface area contributed by atoms with Crippen LogP contribution in [0, 0.1) is 0 Å². The molecule has 2 aromatic carbocycles. The molecule has 0 unspecified atom stereocenters. The number of benzene rings is 2. The number of pyridine rings is 4. The van der Waals surface area contributed by atoms with Crippen molar-refractivity contribution in [3.05, 3.63) is 180 Å². The number of fused-ring (bicyclic) bond motifs is 2. The summed E-state index contributed by atoms with van der Waals surface area (Å²) < 4.78 is 26.1. The molecule has 0 spiro atoms. The Morgan fingerprint density at radius 3 is 1.84 bits per heavy atom. The number of nitrogens with zero attached hydrogens (tertiary/aromatic N) is 7. The predicted octanol–water partition coefficient (Wildman–Crippen LogP) is 4.01. The summed E-state index contributed by atoms with van der Waals surface area (Å²) in [6.07, 6.45) is 8.99. The van der Waals surface area contributed by atoms with Crippen molar-refractivity contribution in [1.29, 1.82) is 0 Å². The van der Waals surface area contributed by atoms with E-state index in [4.69, 9.17) is 28.9 Å². The molecule has 6 aromatic heterocycles. The Hall–Kier alpha value is -8.74. The lowest BCUT2D eigenvalue weighted by Gasteiger charge is -2.16. The van der Waals surface area contributed by atoms with Crippen LogP contribution in [0.2, 0.25) is 0 Å². The van der Waals surface area contributed by atoms with Crippen LogP contribution in [0.3, 0.4) is 0 Å². The molecular formula is C50H48N10O9. The highest BCUT2D eigenvalue weighted by Crippen LogP contribution is 2.30. The van der Waals surface area contributed by atoms with Crippen LogP contribution in [-0.4, -0.2) is 85.3 Å². The number of nitrogens with one attached hydrogen (secondary N) is 3. The second-order valence-corrected chi connectivity index (χ2v) is 15.7. The fourth-order valence-corrected chi connectivity index (χ4v) is 7.74. The molecule has 3 N–H and O–H groups in total. The lowest BCUT2D eigenvalue weighted by Crippen LogP contribution is -2.31. The lowest BCUT2D eigenvalue weighted by atomic mass is 10.1. The van der Waals surface area contributed by atoms with Gasteiger partial charge in [0, 0.05) is 87.2 Å². The fourth-order valence-electron chi connectivity index (χ4n) is 7.74. The number of hydrogen-bond donors (Lipinski definition) is 3. The lowest BCUT2D eigenvalue weighted by molar-refractivity contribution is 0.0945. The number of H-pyrrole nitrogens is 1. The smallest absolute Gasteiger partial charge is 0.263 e. The first-order valence-corrected chi connectivity index (χ1v) is 22.0. The molecule has 0 aliphatic heterocycles. The van der Waals surface area contributed by atoms with Crippen molar-refractivity contribution >= 4 is 33.9 Å². The molecule has 0 atom stereocenters. The molecule has 0 aliphatic rings. The number of rotatable bonds is 20. The van der Waals surface area contributed by atoms with Crippen LogP contribution in [0.5, 0.6) is 23.0 Å². The maximum Gasteiger partial charge on any atom is 0.263 e. The quantitative estimate of drug-likeness (QED) is 0.0980. The van der Waals surface area contributed by atoms with Gasteiger partial charge in [0.2, 0.25) is 5.56 Å². The summed E-state index contributed by atoms with van der Waals surface area (Å²) in [6, 6.07) is 22.2. The van der Waals surface area contributed by atoms with E-state index in [0.717, 1.165) is 11.1 Å². The van der Waals surface area contributed by atoms with Crippen molar-refractivity contribution in [1.82, 2.24) is 49.7 Å². The van der Waals surface area contributed by atoms with Crippen LogP contribution in [0.1, 0.15) is 49.1 Å². The zero-order valence-corrected chi connectivity index (χ0v) is 38.1. The third-order valence-electron chi connectivity index (χ3n) is 11.3. The summed E-state index contributed by atoms with van der Waals surface area (Å²) in [5, 5.41) is 6.34. The third-order valence-corrected chi connectivity index (χ3v) is 11.3. The van der Waals surface area contributed by atoms with Gasteiger partial charge in [-0.05, 0) is 84.6 Å². The highest BCUT2D eigenvalue weighted by atomic mass is 16.5. The van der Waals surface area contributed by atoms with Crippen molar-refractivity contribution in [2.75, 3.05) is 34.4 Å². The number of carbonyl (C=O) groups excluding carboxylic acids is 2. The molecule has 0 aliphatic carbocycles. The highest BCUT2D eigenvalue weighted by molar-refractivity contribution is 5.94. The Balaban J connectivity index is 1.00. The summed E-state index contributed by atoms with van der Waals surface area (Å²) in [6.45, 7) is 0.916. The Kier molecular flexibility index (Phi) is 14.7. The topological polar surface area (TPSA) is 236 Å². The number of aromatic amines is 1. The third kappa shape index (κ3) is 11.1. The van der Waals surface area contributed by atoms with E-state index in [1.165, 1.54) is 31.6 Å². The normalized spacial score (nSPS) is 11.1. The van der Waals surface area contributed by atoms with Gasteiger partial charge in [-0.1, -0.05) is 12.1 Å². The van der Waals surface area contributed by atoms with Gasteiger partial charge in [0.1, 0.15) is 18.3 Å². The highest BCUT2D eigenvalue weighted by Gasteiger charge is 2.18. The number of aromatic nitrogens is 8. The van der Waals surface area contributed by atoms with E-state index in [0.29, 0.717) is 69.6 Å². The molecule has 8 rings (SSSR count). The Morgan fingerprint density at radius 2 is 1.20 bits per heavy atom. The maximum absolute atomic E-state index is 14.4. The van der Waals surface area contributed by atoms with Crippen molar-refractivity contribution in [2.24, 2.45) is 0 Å². The van der Waals surface area contributed by atoms with Crippen LogP contribution >= 0.6 is 0 Å². The molecule has 19 heteroatoms. The SMILES string of the molecule is COc1ccc(CCn2c(CCNC(=O)c3cc[nH]c(=O)c3)nc3ncc(COc4cc(CCn5c(CCNC(=O)c6cccnc6)nc6ncccc6c5=O)ccc4OC)cc3c2=O)cc1OC. The first kappa shape index (κ1) is 46.8. The summed E-state index contributed by atoms with van der Waals surface area (Å²) in [7, 11) is 4.65. The van der Waals surface area contributed by atoms with Crippen LogP contribution < -0.4 is 46.3 Å². The average Bonchev–Trinajstić information content (AvgIpc) is 3.38. The maximum atomic E-state index is 14.4. The Bertz CT molecular complexity index is 3340. The molecule has 0 bridgehead atoms. The number of ether oxygens (including phenoxy) is 4. The van der Waals surface area contributed by atoms with E-state index in [1.807, 2.05) is 24.3 Å². The molecule has 2 amide bonds. The van der Waals surface area contributed by atoms with Gasteiger partial charge < -0.3 is 34.6 Å². The molecule has 0 radical (unpaired) electrons. The summed E-state index contributed by atoms with van der Waals surface area (Å²) in [5.74, 6) is 2.20. The number of carbonyl (C=O) groups is 2. The monoisotopic (exact) mass is 932 g/mol. The summed E-state index contributed by atoms with van der Waals surface area (Å²) in [5.41, 5.74) is 2.55. The predicted molar refractivity (Wildman–Crippen MR) is 255 cm³/mol. The minimum atomic E-state index is -0.438. The molecular weight excluding hydrogens is 885 g/mol. The Labute approximate surface area is 394 Å². The number of hydrogen-bond acceptors (Lipinski definition) is 14. The Morgan fingerprint density at radius 1 is 0.594 bits per heavy atom. The van der Waals surface area contributed by atoms with Crippen molar-refractivity contribution in [3.63, 3.8) is 0 Å². The largest absolute Gasteiger partial charge is 0.493 e. The van der Waals surface area contributed by atoms with Gasteiger partial charge in [-0.15, -0.1) is 0 Å². The molecule has 0 fully saturated rings. The first-order chi connectivity index (χ1) is 33.6. The van der Waals surface area contributed by atoms with E-state index in [2.05, 4.69) is 30.6 Å². The molecule has 8 aromatic rings. The van der Waals surface area contributed by atoms with Crippen LogP contribution in [0.4, 0.5) is 0 Å². The summed E-state index contributed by atoms with van der Waals surface area (Å²) >= 11 is 0. The van der Waals surface area contributed by atoms with Gasteiger partial charge in [0.25, 0.3) is 22.9 Å². The molecule has 352 valence electrons. The zero-order valence-electron chi connectivity index (χ0n) is 38.1. The number of methoxy groups -OCH3 is 3. The molecule has 69 heavy (non-hydrogen) atoms. The second kappa shape index (κ2) is 21.7. The molecule has 0 saturated carbocycles. The zero-order chi connectivity index (χ0) is 48.3. The number of amides is 2. The standard InChI is InChI=1S/C50H48N10O9/c1-66-38-10-8-31(25-40(38)68-3)15-23-60-43(13-20-54-47(62)34-12-19-52-44(61)27-34)58-46-37(50(60)65)24-33(28-56-46)30-69-41-26-32(9-11-39(41)67-2)16-22-59-42(57-45-36(49(59)64)7-5-18-53-45)14-21-55-48(63)35-6-4-17-51-29-35/h4-12,17-19,24-29H,13-16,20-23,30H2,1-3H3,(H,52,61)(H,54,62)(H,55,63). The van der Waals surface area contributed by atoms with Crippen molar-refractivity contribution < 1.29 is 28.5 Å². The minimum Gasteiger partial charge on any atom is -0.493 e. The van der Waals surface area contributed by atoms with Crippen LogP contribution in [0.25, 0.3) is 22.1 Å². The van der Waals surface area contributed by atoms with E-state index >= 15 is 0 Å². The molecule has 0 saturated heterocycles. The van der Waals surface area contributed by atoms with Gasteiger partial charge in [0.15, 0.2) is 34.3 Å². The minimum absolute atomic E-state index is 0.0277. The first-order valence-electron chi connectivity index (χ1n) is 22.0. The van der Waals surface area contributed by atoms with E-state index in [9.17, 15) is 24.0 Å². The van der Waals surface area contributed by atoms with Gasteiger partial charge in [-0.2, -0.15) is 0 Å². The summed E-state index contributed by atoms with van der Waals surface area (Å²) in [4.78, 5) is 90.4. The van der Waals surface area contributed by atoms with Gasteiger partial charge in [-0.25, -0.2) is 19.9 Å². The van der Waals surface area contributed by atoms with Crippen molar-refractivity contribution in [3.8, 4) is 23.0 Å².